The van der Waals surface area contributed by atoms with Crippen LogP contribution in [0.4, 0.5) is 0 Å². The number of hydrogen-bond acceptors (Lipinski definition) is 3. The zero-order valence-corrected chi connectivity index (χ0v) is 7.65. The summed E-state index contributed by atoms with van der Waals surface area (Å²) >= 11 is 1.73. The zero-order valence-electron chi connectivity index (χ0n) is 6.83. The number of ether oxygens (including phenoxy) is 1. The van der Waals surface area contributed by atoms with E-state index in [1.54, 1.807) is 18.4 Å². The van der Waals surface area contributed by atoms with E-state index < -0.39 is 0 Å². The first-order valence-electron chi connectivity index (χ1n) is 3.55. The molecule has 0 saturated heterocycles. The lowest BCUT2D eigenvalue weighted by Gasteiger charge is -2.06. The second-order valence-corrected chi connectivity index (χ2v) is 3.83. The summed E-state index contributed by atoms with van der Waals surface area (Å²) in [5.74, 6) is 0. The van der Waals surface area contributed by atoms with Crippen molar-refractivity contribution in [1.82, 2.24) is 0 Å². The summed E-state index contributed by atoms with van der Waals surface area (Å²) in [7, 11) is 1.67. The first-order valence-corrected chi connectivity index (χ1v) is 4.36. The topological polar surface area (TPSA) is 35.2 Å². The Morgan fingerprint density at radius 2 is 2.36 bits per heavy atom. The van der Waals surface area contributed by atoms with E-state index in [2.05, 4.69) is 19.1 Å². The van der Waals surface area contributed by atoms with Crippen LogP contribution in [0.1, 0.15) is 15.8 Å². The predicted molar refractivity (Wildman–Crippen MR) is 47.9 cm³/mol. The molecule has 11 heavy (non-hydrogen) atoms. The van der Waals surface area contributed by atoms with Gasteiger partial charge in [-0.3, -0.25) is 0 Å². The van der Waals surface area contributed by atoms with Crippen molar-refractivity contribution in [2.45, 2.75) is 13.0 Å². The Hall–Kier alpha value is -0.380. The highest BCUT2D eigenvalue weighted by molar-refractivity contribution is 7.12. The number of methoxy groups -OCH3 is 1. The second-order valence-electron chi connectivity index (χ2n) is 2.51. The predicted octanol–water partition coefficient (Wildman–Crippen LogP) is 1.70. The van der Waals surface area contributed by atoms with Crippen LogP contribution in [-0.4, -0.2) is 13.7 Å². The second kappa shape index (κ2) is 3.85. The third-order valence-electron chi connectivity index (χ3n) is 1.47. The summed E-state index contributed by atoms with van der Waals surface area (Å²) in [6.07, 6.45) is 0. The van der Waals surface area contributed by atoms with E-state index in [9.17, 15) is 0 Å². The van der Waals surface area contributed by atoms with Crippen molar-refractivity contribution < 1.29 is 4.74 Å². The van der Waals surface area contributed by atoms with Gasteiger partial charge in [-0.25, -0.2) is 0 Å². The van der Waals surface area contributed by atoms with Gasteiger partial charge in [0.05, 0.1) is 12.6 Å². The van der Waals surface area contributed by atoms with Crippen LogP contribution in [0.5, 0.6) is 0 Å². The monoisotopic (exact) mass is 171 g/mol. The maximum Gasteiger partial charge on any atom is 0.0663 e. The molecule has 0 aromatic carbocycles. The summed E-state index contributed by atoms with van der Waals surface area (Å²) in [4.78, 5) is 2.50. The summed E-state index contributed by atoms with van der Waals surface area (Å²) in [5, 5.41) is 0. The average Bonchev–Trinajstić information content (AvgIpc) is 2.36. The molecule has 1 rings (SSSR count). The van der Waals surface area contributed by atoms with Gasteiger partial charge in [-0.2, -0.15) is 0 Å². The molecule has 2 N–H and O–H groups in total. The fraction of sp³-hybridized carbons (Fsp3) is 0.500. The van der Waals surface area contributed by atoms with Crippen molar-refractivity contribution in [1.29, 1.82) is 0 Å². The lowest BCUT2D eigenvalue weighted by atomic mass is 10.3. The van der Waals surface area contributed by atoms with E-state index in [1.807, 2.05) is 0 Å². The Balaban J connectivity index is 2.60. The molecule has 0 spiro atoms. The Labute approximate surface area is 71.0 Å². The molecule has 0 saturated carbocycles. The summed E-state index contributed by atoms with van der Waals surface area (Å²) in [5.41, 5.74) is 5.80. The largest absolute Gasteiger partial charge is 0.383 e. The van der Waals surface area contributed by atoms with Gasteiger partial charge in [-0.15, -0.1) is 11.3 Å². The van der Waals surface area contributed by atoms with Crippen molar-refractivity contribution in [3.63, 3.8) is 0 Å². The van der Waals surface area contributed by atoms with Gasteiger partial charge in [-0.1, -0.05) is 0 Å². The molecule has 1 unspecified atom stereocenters. The minimum atomic E-state index is 0.0405. The maximum atomic E-state index is 5.80. The molecule has 3 heteroatoms. The van der Waals surface area contributed by atoms with Crippen LogP contribution in [-0.2, 0) is 4.74 Å². The SMILES string of the molecule is COCC(N)c1ccc(C)s1. The van der Waals surface area contributed by atoms with Gasteiger partial charge in [0.25, 0.3) is 0 Å². The van der Waals surface area contributed by atoms with Crippen molar-refractivity contribution in [3.05, 3.63) is 21.9 Å². The Kier molecular flexibility index (Phi) is 3.05. The summed E-state index contributed by atoms with van der Waals surface area (Å²) < 4.78 is 4.95. The van der Waals surface area contributed by atoms with Gasteiger partial charge >= 0.3 is 0 Å². The molecule has 1 aromatic heterocycles. The smallest absolute Gasteiger partial charge is 0.0663 e. The first kappa shape index (κ1) is 8.71. The molecule has 1 atom stereocenters. The zero-order chi connectivity index (χ0) is 8.27. The third-order valence-corrected chi connectivity index (χ3v) is 2.61. The van der Waals surface area contributed by atoms with Crippen molar-refractivity contribution in [2.75, 3.05) is 13.7 Å². The quantitative estimate of drug-likeness (QED) is 0.751. The minimum Gasteiger partial charge on any atom is -0.383 e. The fourth-order valence-electron chi connectivity index (χ4n) is 0.914. The Bertz CT molecular complexity index is 222. The fourth-order valence-corrected chi connectivity index (χ4v) is 1.78. The number of hydrogen-bond donors (Lipinski definition) is 1. The minimum absolute atomic E-state index is 0.0405. The highest BCUT2D eigenvalue weighted by Crippen LogP contribution is 2.20. The molecule has 1 aromatic rings. The van der Waals surface area contributed by atoms with Crippen molar-refractivity contribution >= 4 is 11.3 Å². The molecule has 0 aliphatic carbocycles. The lowest BCUT2D eigenvalue weighted by molar-refractivity contribution is 0.182. The molecular weight excluding hydrogens is 158 g/mol. The molecule has 2 nitrogen and oxygen atoms in total. The van der Waals surface area contributed by atoms with Gasteiger partial charge in [0.15, 0.2) is 0 Å². The Morgan fingerprint density at radius 3 is 2.82 bits per heavy atom. The van der Waals surface area contributed by atoms with Crippen molar-refractivity contribution in [2.24, 2.45) is 5.73 Å². The van der Waals surface area contributed by atoms with Crippen LogP contribution in [0.3, 0.4) is 0 Å². The van der Waals surface area contributed by atoms with Crippen LogP contribution in [0.15, 0.2) is 12.1 Å². The molecule has 0 aliphatic rings. The number of nitrogens with two attached hydrogens (primary N) is 1. The van der Waals surface area contributed by atoms with Crippen LogP contribution < -0.4 is 5.73 Å². The molecule has 0 amide bonds. The maximum absolute atomic E-state index is 5.80. The van der Waals surface area contributed by atoms with Crippen LogP contribution in [0.2, 0.25) is 0 Å². The van der Waals surface area contributed by atoms with E-state index in [-0.39, 0.29) is 6.04 Å². The molecule has 0 fully saturated rings. The van der Waals surface area contributed by atoms with Crippen LogP contribution in [0, 0.1) is 6.92 Å². The van der Waals surface area contributed by atoms with E-state index in [4.69, 9.17) is 10.5 Å². The average molecular weight is 171 g/mol. The standard InChI is InChI=1S/C8H13NOS/c1-6-3-4-8(11-6)7(9)5-10-2/h3-4,7H,5,9H2,1-2H3. The number of rotatable bonds is 3. The van der Waals surface area contributed by atoms with Crippen LogP contribution in [0.25, 0.3) is 0 Å². The number of aryl methyl sites for hydroxylation is 1. The Morgan fingerprint density at radius 1 is 1.64 bits per heavy atom. The lowest BCUT2D eigenvalue weighted by Crippen LogP contribution is -2.14. The molecule has 0 aliphatic heterocycles. The third kappa shape index (κ3) is 2.29. The van der Waals surface area contributed by atoms with Gasteiger partial charge in [0, 0.05) is 16.9 Å². The highest BCUT2D eigenvalue weighted by Gasteiger charge is 2.06. The normalized spacial score (nSPS) is 13.4. The van der Waals surface area contributed by atoms with E-state index in [0.717, 1.165) is 0 Å². The van der Waals surface area contributed by atoms with E-state index >= 15 is 0 Å². The summed E-state index contributed by atoms with van der Waals surface area (Å²) in [6.45, 7) is 2.67. The van der Waals surface area contributed by atoms with Crippen LogP contribution >= 0.6 is 11.3 Å². The molecule has 62 valence electrons. The molecule has 1 heterocycles. The molecule has 0 bridgehead atoms. The van der Waals surface area contributed by atoms with E-state index in [1.165, 1.54) is 9.75 Å². The van der Waals surface area contributed by atoms with Gasteiger partial charge in [0.1, 0.15) is 0 Å². The van der Waals surface area contributed by atoms with E-state index in [0.29, 0.717) is 6.61 Å². The van der Waals surface area contributed by atoms with Gasteiger partial charge < -0.3 is 10.5 Å². The summed E-state index contributed by atoms with van der Waals surface area (Å²) in [6, 6.07) is 4.18. The van der Waals surface area contributed by atoms with Crippen molar-refractivity contribution in [3.8, 4) is 0 Å². The van der Waals surface area contributed by atoms with Gasteiger partial charge in [0.2, 0.25) is 0 Å². The number of thiophene rings is 1. The first-order chi connectivity index (χ1) is 5.24. The molecule has 0 radical (unpaired) electrons. The molecular formula is C8H13NOS. The van der Waals surface area contributed by atoms with Gasteiger partial charge in [-0.05, 0) is 19.1 Å². The highest BCUT2D eigenvalue weighted by atomic mass is 32.1.